The lowest BCUT2D eigenvalue weighted by Gasteiger charge is -2.36. The van der Waals surface area contributed by atoms with Gasteiger partial charge in [0.1, 0.15) is 18.0 Å². The molecule has 1 atom stereocenters. The van der Waals surface area contributed by atoms with Crippen LogP contribution in [0.3, 0.4) is 0 Å². The number of hydrogen-bond acceptors (Lipinski definition) is 5. The molecule has 1 aliphatic rings. The van der Waals surface area contributed by atoms with Crippen LogP contribution in [-0.4, -0.2) is 42.8 Å². The highest BCUT2D eigenvalue weighted by Gasteiger charge is 2.25. The number of ether oxygens (including phenoxy) is 1. The lowest BCUT2D eigenvalue weighted by molar-refractivity contribution is 0.0984. The van der Waals surface area contributed by atoms with Crippen LogP contribution in [0.1, 0.15) is 32.3 Å². The predicted molar refractivity (Wildman–Crippen MR) is 73.3 cm³/mol. The number of morpholine rings is 1. The Balaban J connectivity index is 2.42. The van der Waals surface area contributed by atoms with Gasteiger partial charge in [0.05, 0.1) is 19.3 Å². The molecule has 18 heavy (non-hydrogen) atoms. The molecule has 1 aromatic heterocycles. The Labute approximate surface area is 109 Å². The van der Waals surface area contributed by atoms with Crippen molar-refractivity contribution in [3.05, 3.63) is 11.9 Å². The first kappa shape index (κ1) is 13.1. The largest absolute Gasteiger partial charge is 0.377 e. The summed E-state index contributed by atoms with van der Waals surface area (Å²) in [5.74, 6) is 2.35. The van der Waals surface area contributed by atoms with Gasteiger partial charge in [0.25, 0.3) is 0 Å². The molecule has 5 heteroatoms. The van der Waals surface area contributed by atoms with E-state index in [0.717, 1.165) is 31.4 Å². The zero-order chi connectivity index (χ0) is 13.1. The van der Waals surface area contributed by atoms with Crippen LogP contribution >= 0.6 is 0 Å². The Kier molecular flexibility index (Phi) is 4.01. The van der Waals surface area contributed by atoms with Gasteiger partial charge in [0, 0.05) is 19.2 Å². The van der Waals surface area contributed by atoms with Crippen LogP contribution in [0.15, 0.2) is 6.33 Å². The Hall–Kier alpha value is -1.36. The summed E-state index contributed by atoms with van der Waals surface area (Å²) in [4.78, 5) is 11.1. The van der Waals surface area contributed by atoms with Crippen LogP contribution in [-0.2, 0) is 4.74 Å². The lowest BCUT2D eigenvalue weighted by atomic mass is 10.0. The molecule has 1 aliphatic heterocycles. The lowest BCUT2D eigenvalue weighted by Crippen LogP contribution is -2.44. The molecule has 2 rings (SSSR count). The maximum Gasteiger partial charge on any atom is 0.137 e. The summed E-state index contributed by atoms with van der Waals surface area (Å²) in [6, 6.07) is 0.357. The van der Waals surface area contributed by atoms with Crippen LogP contribution < -0.4 is 10.2 Å². The smallest absolute Gasteiger partial charge is 0.137 e. The standard InChI is InChI=1S/C13H22N4O/c1-9(2)11-12(14-4)15-8-16-13(11)17-5-6-18-7-10(17)3/h8-10H,5-7H2,1-4H3,(H,14,15,16). The summed E-state index contributed by atoms with van der Waals surface area (Å²) in [7, 11) is 1.90. The molecule has 0 radical (unpaired) electrons. The van der Waals surface area contributed by atoms with Crippen LogP contribution in [0, 0.1) is 0 Å². The Morgan fingerprint density at radius 1 is 1.44 bits per heavy atom. The SMILES string of the molecule is CNc1ncnc(N2CCOCC2C)c1C(C)C. The Bertz CT molecular complexity index is 408. The van der Waals surface area contributed by atoms with Gasteiger partial charge in [-0.25, -0.2) is 9.97 Å². The Morgan fingerprint density at radius 3 is 2.83 bits per heavy atom. The summed E-state index contributed by atoms with van der Waals surface area (Å²) in [5.41, 5.74) is 1.19. The topological polar surface area (TPSA) is 50.3 Å². The minimum atomic E-state index is 0.357. The van der Waals surface area contributed by atoms with Gasteiger partial charge < -0.3 is 15.0 Å². The first-order valence-corrected chi connectivity index (χ1v) is 6.52. The van der Waals surface area contributed by atoms with E-state index < -0.39 is 0 Å². The van der Waals surface area contributed by atoms with Crippen molar-refractivity contribution < 1.29 is 4.74 Å². The van der Waals surface area contributed by atoms with Crippen LogP contribution in [0.2, 0.25) is 0 Å². The van der Waals surface area contributed by atoms with E-state index in [-0.39, 0.29) is 0 Å². The van der Waals surface area contributed by atoms with E-state index in [9.17, 15) is 0 Å². The molecule has 0 aliphatic carbocycles. The van der Waals surface area contributed by atoms with E-state index in [1.807, 2.05) is 7.05 Å². The van der Waals surface area contributed by atoms with Crippen molar-refractivity contribution in [3.63, 3.8) is 0 Å². The number of anilines is 2. The van der Waals surface area contributed by atoms with Gasteiger partial charge in [-0.2, -0.15) is 0 Å². The molecule has 0 amide bonds. The third-order valence-electron chi connectivity index (χ3n) is 3.32. The van der Waals surface area contributed by atoms with Gasteiger partial charge in [0.2, 0.25) is 0 Å². The third kappa shape index (κ3) is 2.41. The van der Waals surface area contributed by atoms with E-state index in [1.54, 1.807) is 6.33 Å². The van der Waals surface area contributed by atoms with Gasteiger partial charge in [-0.3, -0.25) is 0 Å². The molecule has 100 valence electrons. The summed E-state index contributed by atoms with van der Waals surface area (Å²) in [5, 5.41) is 3.16. The average Bonchev–Trinajstić information content (AvgIpc) is 2.38. The molecule has 1 fully saturated rings. The van der Waals surface area contributed by atoms with Crippen molar-refractivity contribution >= 4 is 11.6 Å². The van der Waals surface area contributed by atoms with Crippen molar-refractivity contribution in [3.8, 4) is 0 Å². The van der Waals surface area contributed by atoms with E-state index in [2.05, 4.69) is 41.0 Å². The zero-order valence-electron chi connectivity index (χ0n) is 11.6. The second kappa shape index (κ2) is 5.52. The molecule has 1 N–H and O–H groups in total. The van der Waals surface area contributed by atoms with E-state index in [1.165, 1.54) is 5.56 Å². The molecular weight excluding hydrogens is 228 g/mol. The number of aromatic nitrogens is 2. The van der Waals surface area contributed by atoms with Gasteiger partial charge in [-0.15, -0.1) is 0 Å². The fourth-order valence-corrected chi connectivity index (χ4v) is 2.39. The average molecular weight is 250 g/mol. The molecular formula is C13H22N4O. The molecule has 1 unspecified atom stereocenters. The normalized spacial score (nSPS) is 20.3. The first-order valence-electron chi connectivity index (χ1n) is 6.52. The highest BCUT2D eigenvalue weighted by molar-refractivity contribution is 5.60. The van der Waals surface area contributed by atoms with E-state index in [0.29, 0.717) is 12.0 Å². The highest BCUT2D eigenvalue weighted by Crippen LogP contribution is 2.32. The second-order valence-electron chi connectivity index (χ2n) is 4.98. The fraction of sp³-hybridized carbons (Fsp3) is 0.692. The summed E-state index contributed by atoms with van der Waals surface area (Å²) in [6.07, 6.45) is 1.63. The summed E-state index contributed by atoms with van der Waals surface area (Å²) >= 11 is 0. The van der Waals surface area contributed by atoms with Crippen molar-refractivity contribution in [2.45, 2.75) is 32.7 Å². The Morgan fingerprint density at radius 2 is 2.22 bits per heavy atom. The van der Waals surface area contributed by atoms with Crippen molar-refractivity contribution in [2.24, 2.45) is 0 Å². The van der Waals surface area contributed by atoms with Crippen LogP contribution in [0.4, 0.5) is 11.6 Å². The number of nitrogens with one attached hydrogen (secondary N) is 1. The van der Waals surface area contributed by atoms with Gasteiger partial charge in [0.15, 0.2) is 0 Å². The van der Waals surface area contributed by atoms with Crippen LogP contribution in [0.25, 0.3) is 0 Å². The minimum absolute atomic E-state index is 0.357. The quantitative estimate of drug-likeness (QED) is 0.887. The summed E-state index contributed by atoms with van der Waals surface area (Å²) < 4.78 is 5.49. The molecule has 0 saturated carbocycles. The number of rotatable bonds is 3. The molecule has 2 heterocycles. The van der Waals surface area contributed by atoms with Crippen LogP contribution in [0.5, 0.6) is 0 Å². The van der Waals surface area contributed by atoms with E-state index >= 15 is 0 Å². The van der Waals surface area contributed by atoms with Crippen molar-refractivity contribution in [1.82, 2.24) is 9.97 Å². The third-order valence-corrected chi connectivity index (χ3v) is 3.32. The zero-order valence-corrected chi connectivity index (χ0v) is 11.6. The van der Waals surface area contributed by atoms with Gasteiger partial charge >= 0.3 is 0 Å². The van der Waals surface area contributed by atoms with E-state index in [4.69, 9.17) is 4.74 Å². The molecule has 0 bridgehead atoms. The van der Waals surface area contributed by atoms with Gasteiger partial charge in [-0.05, 0) is 12.8 Å². The maximum absolute atomic E-state index is 5.49. The fourth-order valence-electron chi connectivity index (χ4n) is 2.39. The monoisotopic (exact) mass is 250 g/mol. The molecule has 1 aromatic rings. The minimum Gasteiger partial charge on any atom is -0.377 e. The number of hydrogen-bond donors (Lipinski definition) is 1. The predicted octanol–water partition coefficient (Wildman–Crippen LogP) is 1.87. The maximum atomic E-state index is 5.49. The molecule has 0 spiro atoms. The molecule has 5 nitrogen and oxygen atoms in total. The van der Waals surface area contributed by atoms with Gasteiger partial charge in [-0.1, -0.05) is 13.8 Å². The van der Waals surface area contributed by atoms with Crippen molar-refractivity contribution in [1.29, 1.82) is 0 Å². The molecule has 1 saturated heterocycles. The van der Waals surface area contributed by atoms with Crippen molar-refractivity contribution in [2.75, 3.05) is 37.0 Å². The second-order valence-corrected chi connectivity index (χ2v) is 4.98. The molecule has 0 aromatic carbocycles. The first-order chi connectivity index (χ1) is 8.65. The number of nitrogens with zero attached hydrogens (tertiary/aromatic N) is 3. The highest BCUT2D eigenvalue weighted by atomic mass is 16.5. The summed E-state index contributed by atoms with van der Waals surface area (Å²) in [6.45, 7) is 8.94.